The van der Waals surface area contributed by atoms with Gasteiger partial charge in [0.15, 0.2) is 0 Å². The molecule has 1 atom stereocenters. The van der Waals surface area contributed by atoms with Crippen LogP contribution in [0.3, 0.4) is 0 Å². The van der Waals surface area contributed by atoms with Crippen molar-refractivity contribution in [2.24, 2.45) is 5.73 Å². The number of benzene rings is 1. The molecule has 1 amide bonds. The van der Waals surface area contributed by atoms with Crippen LogP contribution in [0.2, 0.25) is 0 Å². The summed E-state index contributed by atoms with van der Waals surface area (Å²) in [6.07, 6.45) is 1.86. The SMILES string of the molecule is COCc1cc(C(=O)N2CCC[C@@H](N)C2)ccc1F. The molecule has 1 fully saturated rings. The van der Waals surface area contributed by atoms with Crippen LogP contribution >= 0.6 is 0 Å². The van der Waals surface area contributed by atoms with Crippen LogP contribution in [-0.4, -0.2) is 37.0 Å². The van der Waals surface area contributed by atoms with Crippen LogP contribution in [-0.2, 0) is 11.3 Å². The molecular weight excluding hydrogens is 247 g/mol. The summed E-state index contributed by atoms with van der Waals surface area (Å²) < 4.78 is 18.4. The van der Waals surface area contributed by atoms with Gasteiger partial charge in [-0.2, -0.15) is 0 Å². The fourth-order valence-electron chi connectivity index (χ4n) is 2.35. The lowest BCUT2D eigenvalue weighted by atomic mass is 10.0. The van der Waals surface area contributed by atoms with Crippen molar-refractivity contribution < 1.29 is 13.9 Å². The van der Waals surface area contributed by atoms with E-state index in [2.05, 4.69) is 0 Å². The zero-order chi connectivity index (χ0) is 13.8. The van der Waals surface area contributed by atoms with Crippen LogP contribution in [0.4, 0.5) is 4.39 Å². The van der Waals surface area contributed by atoms with Gasteiger partial charge in [0.2, 0.25) is 0 Å². The Kier molecular flexibility index (Phi) is 4.50. The van der Waals surface area contributed by atoms with E-state index in [1.165, 1.54) is 19.2 Å². The van der Waals surface area contributed by atoms with Crippen molar-refractivity contribution in [3.05, 3.63) is 35.1 Å². The van der Waals surface area contributed by atoms with Crippen molar-refractivity contribution in [2.75, 3.05) is 20.2 Å². The lowest BCUT2D eigenvalue weighted by molar-refractivity contribution is 0.0708. The summed E-state index contributed by atoms with van der Waals surface area (Å²) in [5.41, 5.74) is 6.76. The van der Waals surface area contributed by atoms with E-state index >= 15 is 0 Å². The number of halogens is 1. The maximum Gasteiger partial charge on any atom is 0.253 e. The van der Waals surface area contributed by atoms with Crippen LogP contribution in [0.25, 0.3) is 0 Å². The summed E-state index contributed by atoms with van der Waals surface area (Å²) in [5.74, 6) is -0.443. The fourth-order valence-corrected chi connectivity index (χ4v) is 2.35. The van der Waals surface area contributed by atoms with Crippen LogP contribution in [0, 0.1) is 5.82 Å². The summed E-state index contributed by atoms with van der Waals surface area (Å²) in [6.45, 7) is 1.44. The van der Waals surface area contributed by atoms with Gasteiger partial charge in [0.25, 0.3) is 5.91 Å². The van der Waals surface area contributed by atoms with Gasteiger partial charge < -0.3 is 15.4 Å². The average molecular weight is 266 g/mol. The molecule has 0 aliphatic carbocycles. The Morgan fingerprint density at radius 3 is 3.05 bits per heavy atom. The first-order valence-electron chi connectivity index (χ1n) is 6.44. The third kappa shape index (κ3) is 3.30. The molecule has 1 heterocycles. The Hall–Kier alpha value is -1.46. The number of hydrogen-bond donors (Lipinski definition) is 1. The quantitative estimate of drug-likeness (QED) is 0.902. The lowest BCUT2D eigenvalue weighted by Gasteiger charge is -2.30. The molecule has 2 N–H and O–H groups in total. The number of nitrogens with two attached hydrogens (primary N) is 1. The van der Waals surface area contributed by atoms with E-state index in [1.54, 1.807) is 11.0 Å². The van der Waals surface area contributed by atoms with E-state index in [-0.39, 0.29) is 24.4 Å². The molecule has 4 nitrogen and oxygen atoms in total. The van der Waals surface area contributed by atoms with Crippen molar-refractivity contribution in [3.8, 4) is 0 Å². The molecule has 1 aromatic rings. The molecule has 0 radical (unpaired) electrons. The molecule has 1 aliphatic rings. The smallest absolute Gasteiger partial charge is 0.253 e. The molecule has 0 aromatic heterocycles. The van der Waals surface area contributed by atoms with E-state index in [0.29, 0.717) is 24.2 Å². The number of amides is 1. The Morgan fingerprint density at radius 2 is 2.37 bits per heavy atom. The number of hydrogen-bond acceptors (Lipinski definition) is 3. The number of likely N-dealkylation sites (tertiary alicyclic amines) is 1. The van der Waals surface area contributed by atoms with Gasteiger partial charge >= 0.3 is 0 Å². The van der Waals surface area contributed by atoms with E-state index < -0.39 is 0 Å². The van der Waals surface area contributed by atoms with Crippen molar-refractivity contribution in [2.45, 2.75) is 25.5 Å². The molecule has 0 bridgehead atoms. The summed E-state index contributed by atoms with van der Waals surface area (Å²) in [5, 5.41) is 0. The number of methoxy groups -OCH3 is 1. The molecule has 104 valence electrons. The van der Waals surface area contributed by atoms with Gasteiger partial charge in [-0.1, -0.05) is 0 Å². The van der Waals surface area contributed by atoms with Gasteiger partial charge in [-0.3, -0.25) is 4.79 Å². The molecule has 1 saturated heterocycles. The maximum atomic E-state index is 13.5. The molecule has 19 heavy (non-hydrogen) atoms. The van der Waals surface area contributed by atoms with Crippen molar-refractivity contribution >= 4 is 5.91 Å². The normalized spacial score (nSPS) is 19.5. The molecule has 1 aromatic carbocycles. The van der Waals surface area contributed by atoms with Crippen molar-refractivity contribution in [3.63, 3.8) is 0 Å². The van der Waals surface area contributed by atoms with E-state index in [0.717, 1.165) is 12.8 Å². The number of rotatable bonds is 3. The molecular formula is C14H19FN2O2. The van der Waals surface area contributed by atoms with E-state index in [9.17, 15) is 9.18 Å². The number of carbonyl (C=O) groups is 1. The number of nitrogens with zero attached hydrogens (tertiary/aromatic N) is 1. The predicted octanol–water partition coefficient (Wildman–Crippen LogP) is 1.54. The second-order valence-electron chi connectivity index (χ2n) is 4.89. The highest BCUT2D eigenvalue weighted by molar-refractivity contribution is 5.94. The molecule has 1 aliphatic heterocycles. The van der Waals surface area contributed by atoms with Crippen LogP contribution in [0.15, 0.2) is 18.2 Å². The second kappa shape index (κ2) is 6.12. The van der Waals surface area contributed by atoms with Gasteiger partial charge in [0, 0.05) is 37.4 Å². The number of piperidine rings is 1. The summed E-state index contributed by atoms with van der Waals surface area (Å²) in [4.78, 5) is 14.1. The molecule has 0 unspecified atom stereocenters. The molecule has 5 heteroatoms. The maximum absolute atomic E-state index is 13.5. The molecule has 2 rings (SSSR count). The van der Waals surface area contributed by atoms with E-state index in [4.69, 9.17) is 10.5 Å². The zero-order valence-electron chi connectivity index (χ0n) is 11.1. The first kappa shape index (κ1) is 14.0. The van der Waals surface area contributed by atoms with Crippen LogP contribution < -0.4 is 5.73 Å². The Morgan fingerprint density at radius 1 is 1.58 bits per heavy atom. The van der Waals surface area contributed by atoms with Gasteiger partial charge in [0.1, 0.15) is 5.82 Å². The second-order valence-corrected chi connectivity index (χ2v) is 4.89. The van der Waals surface area contributed by atoms with Crippen molar-refractivity contribution in [1.82, 2.24) is 4.90 Å². The largest absolute Gasteiger partial charge is 0.380 e. The molecule has 0 spiro atoms. The first-order chi connectivity index (χ1) is 9.11. The van der Waals surface area contributed by atoms with Gasteiger partial charge in [0.05, 0.1) is 6.61 Å². The highest BCUT2D eigenvalue weighted by Crippen LogP contribution is 2.16. The topological polar surface area (TPSA) is 55.6 Å². The zero-order valence-corrected chi connectivity index (χ0v) is 11.1. The number of ether oxygens (including phenoxy) is 1. The minimum absolute atomic E-state index is 0.0385. The fraction of sp³-hybridized carbons (Fsp3) is 0.500. The van der Waals surface area contributed by atoms with Gasteiger partial charge in [-0.25, -0.2) is 4.39 Å². The van der Waals surface area contributed by atoms with Crippen LogP contribution in [0.1, 0.15) is 28.8 Å². The Bertz CT molecular complexity index is 465. The van der Waals surface area contributed by atoms with Crippen LogP contribution in [0.5, 0.6) is 0 Å². The minimum Gasteiger partial charge on any atom is -0.380 e. The number of carbonyl (C=O) groups excluding carboxylic acids is 1. The molecule has 0 saturated carbocycles. The Labute approximate surface area is 112 Å². The minimum atomic E-state index is -0.353. The Balaban J connectivity index is 2.16. The highest BCUT2D eigenvalue weighted by Gasteiger charge is 2.22. The summed E-state index contributed by atoms with van der Waals surface area (Å²) >= 11 is 0. The highest BCUT2D eigenvalue weighted by atomic mass is 19.1. The standard InChI is InChI=1S/C14H19FN2O2/c1-19-9-11-7-10(4-5-13(11)15)14(18)17-6-2-3-12(16)8-17/h4-5,7,12H,2-3,6,8-9,16H2,1H3/t12-/m1/s1. The van der Waals surface area contributed by atoms with E-state index in [1.807, 2.05) is 0 Å². The summed E-state index contributed by atoms with van der Waals surface area (Å²) in [7, 11) is 1.50. The lowest BCUT2D eigenvalue weighted by Crippen LogP contribution is -2.45. The van der Waals surface area contributed by atoms with Gasteiger partial charge in [-0.05, 0) is 31.0 Å². The average Bonchev–Trinajstić information content (AvgIpc) is 2.41. The first-order valence-corrected chi connectivity index (χ1v) is 6.44. The predicted molar refractivity (Wildman–Crippen MR) is 70.2 cm³/mol. The monoisotopic (exact) mass is 266 g/mol. The third-order valence-electron chi connectivity index (χ3n) is 3.34. The summed E-state index contributed by atoms with van der Waals surface area (Å²) in [6, 6.07) is 4.42. The van der Waals surface area contributed by atoms with Crippen molar-refractivity contribution in [1.29, 1.82) is 0 Å². The third-order valence-corrected chi connectivity index (χ3v) is 3.34. The van der Waals surface area contributed by atoms with Gasteiger partial charge in [-0.15, -0.1) is 0 Å².